The number of methoxy groups -OCH3 is 1. The molecule has 1 aromatic heterocycles. The third-order valence-electron chi connectivity index (χ3n) is 2.27. The fourth-order valence-corrected chi connectivity index (χ4v) is 1.66. The molecule has 0 saturated heterocycles. The van der Waals surface area contributed by atoms with Gasteiger partial charge in [0.15, 0.2) is 5.76 Å². The van der Waals surface area contributed by atoms with Crippen LogP contribution in [0.25, 0.3) is 11.3 Å². The zero-order valence-electron chi connectivity index (χ0n) is 8.74. The van der Waals surface area contributed by atoms with Crippen molar-refractivity contribution in [2.75, 3.05) is 7.11 Å². The van der Waals surface area contributed by atoms with E-state index < -0.39 is 0 Å². The van der Waals surface area contributed by atoms with E-state index >= 15 is 0 Å². The normalized spacial score (nSPS) is 10.4. The molecule has 0 amide bonds. The molecule has 2 rings (SSSR count). The first-order chi connectivity index (χ1) is 7.76. The van der Waals surface area contributed by atoms with Crippen LogP contribution in [0.2, 0.25) is 5.02 Å². The molecule has 4 nitrogen and oxygen atoms in total. The molecule has 5 heteroatoms. The summed E-state index contributed by atoms with van der Waals surface area (Å²) < 4.78 is 10.4. The Bertz CT molecular complexity index is 496. The molecule has 0 radical (unpaired) electrons. The van der Waals surface area contributed by atoms with Gasteiger partial charge in [-0.1, -0.05) is 16.8 Å². The maximum Gasteiger partial charge on any atom is 0.175 e. The highest BCUT2D eigenvalue weighted by molar-refractivity contribution is 6.30. The van der Waals surface area contributed by atoms with E-state index in [2.05, 4.69) is 5.16 Å². The summed E-state index contributed by atoms with van der Waals surface area (Å²) >= 11 is 5.94. The summed E-state index contributed by atoms with van der Waals surface area (Å²) in [4.78, 5) is 0. The van der Waals surface area contributed by atoms with E-state index in [4.69, 9.17) is 26.6 Å². The minimum Gasteiger partial charge on any atom is -0.496 e. The standard InChI is InChI=1S/C11H11ClN2O2/c1-15-10-3-2-8(12)4-9(10)11-7(5-13)6-14-16-11/h2-4,6H,5,13H2,1H3. The summed E-state index contributed by atoms with van der Waals surface area (Å²) in [5.41, 5.74) is 7.17. The van der Waals surface area contributed by atoms with Gasteiger partial charge in [0.1, 0.15) is 5.75 Å². The first-order valence-electron chi connectivity index (χ1n) is 4.73. The van der Waals surface area contributed by atoms with Crippen molar-refractivity contribution in [1.82, 2.24) is 5.16 Å². The van der Waals surface area contributed by atoms with Crippen molar-refractivity contribution in [3.8, 4) is 17.1 Å². The van der Waals surface area contributed by atoms with Crippen molar-refractivity contribution in [3.63, 3.8) is 0 Å². The second kappa shape index (κ2) is 4.55. The van der Waals surface area contributed by atoms with Crippen LogP contribution < -0.4 is 10.5 Å². The van der Waals surface area contributed by atoms with E-state index in [-0.39, 0.29) is 0 Å². The van der Waals surface area contributed by atoms with Crippen molar-refractivity contribution in [3.05, 3.63) is 35.0 Å². The van der Waals surface area contributed by atoms with Crippen molar-refractivity contribution < 1.29 is 9.26 Å². The Kier molecular flexibility index (Phi) is 3.12. The van der Waals surface area contributed by atoms with Gasteiger partial charge >= 0.3 is 0 Å². The van der Waals surface area contributed by atoms with E-state index in [9.17, 15) is 0 Å². The Hall–Kier alpha value is -1.52. The van der Waals surface area contributed by atoms with Crippen LogP contribution in [0.3, 0.4) is 0 Å². The van der Waals surface area contributed by atoms with Crippen LogP contribution in [-0.2, 0) is 6.54 Å². The summed E-state index contributed by atoms with van der Waals surface area (Å²) in [6.45, 7) is 0.356. The minimum absolute atomic E-state index is 0.356. The number of aromatic nitrogens is 1. The summed E-state index contributed by atoms with van der Waals surface area (Å²) in [6.07, 6.45) is 1.59. The Morgan fingerprint density at radius 3 is 3.00 bits per heavy atom. The number of halogens is 1. The predicted molar refractivity (Wildman–Crippen MR) is 61.4 cm³/mol. The average Bonchev–Trinajstić information content (AvgIpc) is 2.76. The number of ether oxygens (including phenoxy) is 1. The largest absolute Gasteiger partial charge is 0.496 e. The fourth-order valence-electron chi connectivity index (χ4n) is 1.49. The molecule has 2 aromatic rings. The van der Waals surface area contributed by atoms with Crippen LogP contribution in [0, 0.1) is 0 Å². The lowest BCUT2D eigenvalue weighted by Crippen LogP contribution is -1.97. The van der Waals surface area contributed by atoms with E-state index in [0.29, 0.717) is 23.1 Å². The summed E-state index contributed by atoms with van der Waals surface area (Å²) in [6, 6.07) is 5.29. The van der Waals surface area contributed by atoms with Crippen LogP contribution in [0.1, 0.15) is 5.56 Å². The predicted octanol–water partition coefficient (Wildman–Crippen LogP) is 2.46. The van der Waals surface area contributed by atoms with E-state index in [1.165, 1.54) is 0 Å². The number of hydrogen-bond acceptors (Lipinski definition) is 4. The number of nitrogens with two attached hydrogens (primary N) is 1. The maximum atomic E-state index is 5.94. The van der Waals surface area contributed by atoms with Crippen molar-refractivity contribution in [2.45, 2.75) is 6.54 Å². The van der Waals surface area contributed by atoms with Crippen molar-refractivity contribution >= 4 is 11.6 Å². The monoisotopic (exact) mass is 238 g/mol. The average molecular weight is 239 g/mol. The maximum absolute atomic E-state index is 5.94. The van der Waals surface area contributed by atoms with E-state index in [1.54, 1.807) is 31.5 Å². The van der Waals surface area contributed by atoms with Gasteiger partial charge in [-0.15, -0.1) is 0 Å². The van der Waals surface area contributed by atoms with Gasteiger partial charge in [0.05, 0.1) is 18.9 Å². The van der Waals surface area contributed by atoms with Gasteiger partial charge in [-0.2, -0.15) is 0 Å². The first-order valence-corrected chi connectivity index (χ1v) is 5.11. The molecule has 0 fully saturated rings. The highest BCUT2D eigenvalue weighted by Gasteiger charge is 2.14. The molecule has 0 aliphatic heterocycles. The first kappa shape index (κ1) is 11.0. The van der Waals surface area contributed by atoms with Gasteiger partial charge in [0, 0.05) is 17.1 Å². The molecule has 84 valence electrons. The quantitative estimate of drug-likeness (QED) is 0.892. The second-order valence-corrected chi connectivity index (χ2v) is 3.67. The van der Waals surface area contributed by atoms with Crippen LogP contribution >= 0.6 is 11.6 Å². The van der Waals surface area contributed by atoms with Gasteiger partial charge in [0.2, 0.25) is 0 Å². The molecule has 0 bridgehead atoms. The zero-order valence-corrected chi connectivity index (χ0v) is 9.49. The third kappa shape index (κ3) is 1.89. The number of benzene rings is 1. The Morgan fingerprint density at radius 1 is 1.50 bits per heavy atom. The lowest BCUT2D eigenvalue weighted by atomic mass is 10.1. The molecular weight excluding hydrogens is 228 g/mol. The smallest absolute Gasteiger partial charge is 0.175 e. The molecule has 0 saturated carbocycles. The molecule has 2 N–H and O–H groups in total. The highest BCUT2D eigenvalue weighted by atomic mass is 35.5. The molecule has 0 unspecified atom stereocenters. The van der Waals surface area contributed by atoms with Gasteiger partial charge < -0.3 is 15.0 Å². The van der Waals surface area contributed by atoms with Crippen molar-refractivity contribution in [1.29, 1.82) is 0 Å². The van der Waals surface area contributed by atoms with Crippen LogP contribution in [-0.4, -0.2) is 12.3 Å². The van der Waals surface area contributed by atoms with Gasteiger partial charge in [0.25, 0.3) is 0 Å². The van der Waals surface area contributed by atoms with Gasteiger partial charge in [-0.25, -0.2) is 0 Å². The van der Waals surface area contributed by atoms with E-state index in [1.807, 2.05) is 0 Å². The topological polar surface area (TPSA) is 61.3 Å². The molecule has 0 aliphatic carbocycles. The Balaban J connectivity index is 2.58. The van der Waals surface area contributed by atoms with E-state index in [0.717, 1.165) is 11.1 Å². The highest BCUT2D eigenvalue weighted by Crippen LogP contribution is 2.34. The van der Waals surface area contributed by atoms with Crippen LogP contribution in [0.5, 0.6) is 5.75 Å². The molecule has 0 atom stereocenters. The molecule has 1 heterocycles. The molecular formula is C11H11ClN2O2. The van der Waals surface area contributed by atoms with Crippen LogP contribution in [0.4, 0.5) is 0 Å². The SMILES string of the molecule is COc1ccc(Cl)cc1-c1oncc1CN. The molecule has 16 heavy (non-hydrogen) atoms. The number of nitrogens with zero attached hydrogens (tertiary/aromatic N) is 1. The summed E-state index contributed by atoms with van der Waals surface area (Å²) in [5.74, 6) is 1.28. The third-order valence-corrected chi connectivity index (χ3v) is 2.51. The minimum atomic E-state index is 0.356. The second-order valence-electron chi connectivity index (χ2n) is 3.23. The Labute approximate surface area is 97.9 Å². The van der Waals surface area contributed by atoms with Crippen LogP contribution in [0.15, 0.2) is 28.9 Å². The Morgan fingerprint density at radius 2 is 2.31 bits per heavy atom. The molecule has 0 aliphatic rings. The summed E-state index contributed by atoms with van der Waals surface area (Å²) in [5, 5.41) is 4.33. The lowest BCUT2D eigenvalue weighted by molar-refractivity contribution is 0.406. The van der Waals surface area contributed by atoms with Gasteiger partial charge in [-0.05, 0) is 18.2 Å². The summed E-state index contributed by atoms with van der Waals surface area (Å²) in [7, 11) is 1.59. The molecule has 0 spiro atoms. The number of rotatable bonds is 3. The fraction of sp³-hybridized carbons (Fsp3) is 0.182. The molecule has 1 aromatic carbocycles. The van der Waals surface area contributed by atoms with Crippen molar-refractivity contribution in [2.24, 2.45) is 5.73 Å². The van der Waals surface area contributed by atoms with Gasteiger partial charge in [-0.3, -0.25) is 0 Å². The lowest BCUT2D eigenvalue weighted by Gasteiger charge is -2.07. The zero-order chi connectivity index (χ0) is 11.5. The number of hydrogen-bond donors (Lipinski definition) is 1.